The molecule has 2 aromatic carbocycles. The normalized spacial score (nSPS) is 9.95. The second-order valence-electron chi connectivity index (χ2n) is 3.76. The van der Waals surface area contributed by atoms with Gasteiger partial charge in [0, 0.05) is 10.0 Å². The Kier molecular flexibility index (Phi) is 3.97. The molecule has 0 radical (unpaired) electrons. The van der Waals surface area contributed by atoms with Crippen LogP contribution in [0, 0.1) is 0 Å². The Morgan fingerprint density at radius 1 is 1.21 bits per heavy atom. The fraction of sp³-hybridized carbons (Fsp3) is 0. The number of benzene rings is 2. The van der Waals surface area contributed by atoms with Crippen LogP contribution in [-0.4, -0.2) is 12.2 Å². The van der Waals surface area contributed by atoms with Crippen LogP contribution < -0.4 is 10.5 Å². The van der Waals surface area contributed by atoms with Gasteiger partial charge in [-0.15, -0.1) is 0 Å². The quantitative estimate of drug-likeness (QED) is 0.880. The number of amides is 1. The minimum Gasteiger partial charge on any atom is -0.456 e. The van der Waals surface area contributed by atoms with Crippen molar-refractivity contribution in [3.05, 3.63) is 58.1 Å². The van der Waals surface area contributed by atoms with E-state index in [0.29, 0.717) is 27.1 Å². The van der Waals surface area contributed by atoms with E-state index in [1.54, 1.807) is 42.5 Å². The molecule has 0 saturated carbocycles. The van der Waals surface area contributed by atoms with Crippen LogP contribution in [0.2, 0.25) is 0 Å². The number of nitrogens with two attached hydrogens (primary N) is 1. The highest BCUT2D eigenvalue weighted by molar-refractivity contribution is 9.10. The molecular formula is C14H10BrNO3. The summed E-state index contributed by atoms with van der Waals surface area (Å²) in [5.74, 6) is 0.325. The number of carbonyl (C=O) groups excluding carboxylic acids is 2. The second-order valence-corrected chi connectivity index (χ2v) is 4.62. The van der Waals surface area contributed by atoms with Crippen LogP contribution >= 0.6 is 15.9 Å². The maximum Gasteiger partial charge on any atom is 0.252 e. The minimum atomic E-state index is -0.556. The molecule has 0 bridgehead atoms. The summed E-state index contributed by atoms with van der Waals surface area (Å²) in [5.41, 5.74) is 6.10. The third-order valence-corrected chi connectivity index (χ3v) is 3.17. The molecule has 2 N–H and O–H groups in total. The number of primary amides is 1. The largest absolute Gasteiger partial charge is 0.456 e. The summed E-state index contributed by atoms with van der Waals surface area (Å²) in [7, 11) is 0. The average Bonchev–Trinajstić information content (AvgIpc) is 2.39. The third kappa shape index (κ3) is 3.00. The highest BCUT2D eigenvalue weighted by atomic mass is 79.9. The van der Waals surface area contributed by atoms with Crippen molar-refractivity contribution >= 4 is 28.1 Å². The van der Waals surface area contributed by atoms with Gasteiger partial charge in [0.15, 0.2) is 6.29 Å². The number of hydrogen-bond acceptors (Lipinski definition) is 3. The van der Waals surface area contributed by atoms with E-state index in [-0.39, 0.29) is 0 Å². The van der Waals surface area contributed by atoms with Gasteiger partial charge >= 0.3 is 0 Å². The summed E-state index contributed by atoms with van der Waals surface area (Å²) in [4.78, 5) is 22.0. The standard InChI is InChI=1S/C14H10BrNO3/c15-12-7-10(6-5-9(12)8-17)19-13-4-2-1-3-11(13)14(16)18/h1-8H,(H2,16,18). The number of ether oxygens (including phenoxy) is 1. The van der Waals surface area contributed by atoms with E-state index >= 15 is 0 Å². The van der Waals surface area contributed by atoms with Crippen molar-refractivity contribution < 1.29 is 14.3 Å². The lowest BCUT2D eigenvalue weighted by Crippen LogP contribution is -2.11. The van der Waals surface area contributed by atoms with Crippen LogP contribution in [0.4, 0.5) is 0 Å². The van der Waals surface area contributed by atoms with Gasteiger partial charge in [0.1, 0.15) is 11.5 Å². The molecule has 0 aromatic heterocycles. The van der Waals surface area contributed by atoms with Gasteiger partial charge in [-0.3, -0.25) is 9.59 Å². The van der Waals surface area contributed by atoms with Gasteiger partial charge < -0.3 is 10.5 Å². The van der Waals surface area contributed by atoms with Crippen molar-refractivity contribution in [1.29, 1.82) is 0 Å². The molecule has 19 heavy (non-hydrogen) atoms. The van der Waals surface area contributed by atoms with E-state index < -0.39 is 5.91 Å². The van der Waals surface area contributed by atoms with Crippen LogP contribution in [0.3, 0.4) is 0 Å². The molecule has 2 aromatic rings. The van der Waals surface area contributed by atoms with Gasteiger partial charge in [-0.1, -0.05) is 12.1 Å². The van der Waals surface area contributed by atoms with Crippen LogP contribution in [0.25, 0.3) is 0 Å². The summed E-state index contributed by atoms with van der Waals surface area (Å²) < 4.78 is 6.23. The molecule has 0 unspecified atom stereocenters. The molecule has 0 atom stereocenters. The predicted molar refractivity (Wildman–Crippen MR) is 74.6 cm³/mol. The molecule has 0 aliphatic rings. The summed E-state index contributed by atoms with van der Waals surface area (Å²) >= 11 is 3.27. The Balaban J connectivity index is 2.34. The lowest BCUT2D eigenvalue weighted by Gasteiger charge is -2.09. The molecule has 96 valence electrons. The van der Waals surface area contributed by atoms with Gasteiger partial charge in [0.2, 0.25) is 0 Å². The first-order valence-corrected chi connectivity index (χ1v) is 6.22. The van der Waals surface area contributed by atoms with E-state index in [9.17, 15) is 9.59 Å². The molecule has 5 heteroatoms. The van der Waals surface area contributed by atoms with Gasteiger partial charge in [-0.25, -0.2) is 0 Å². The maximum absolute atomic E-state index is 11.3. The zero-order valence-corrected chi connectivity index (χ0v) is 11.4. The zero-order valence-electron chi connectivity index (χ0n) is 9.80. The van der Waals surface area contributed by atoms with Crippen LogP contribution in [-0.2, 0) is 0 Å². The Morgan fingerprint density at radius 2 is 1.95 bits per heavy atom. The Bertz CT molecular complexity index is 640. The first-order chi connectivity index (χ1) is 9.11. The Hall–Kier alpha value is -2.14. The van der Waals surface area contributed by atoms with E-state index in [0.717, 1.165) is 6.29 Å². The van der Waals surface area contributed by atoms with Gasteiger partial charge in [-0.05, 0) is 46.3 Å². The zero-order chi connectivity index (χ0) is 13.8. The van der Waals surface area contributed by atoms with E-state index in [1.165, 1.54) is 0 Å². The monoisotopic (exact) mass is 319 g/mol. The van der Waals surface area contributed by atoms with Crippen molar-refractivity contribution in [2.75, 3.05) is 0 Å². The topological polar surface area (TPSA) is 69.4 Å². The summed E-state index contributed by atoms with van der Waals surface area (Å²) in [5, 5.41) is 0. The lowest BCUT2D eigenvalue weighted by atomic mass is 10.2. The molecule has 1 amide bonds. The first-order valence-electron chi connectivity index (χ1n) is 5.43. The molecule has 0 heterocycles. The van der Waals surface area contributed by atoms with Gasteiger partial charge in [0.25, 0.3) is 5.91 Å². The number of para-hydroxylation sites is 1. The number of hydrogen-bond donors (Lipinski definition) is 1. The van der Waals surface area contributed by atoms with E-state index in [4.69, 9.17) is 10.5 Å². The van der Waals surface area contributed by atoms with Crippen LogP contribution in [0.1, 0.15) is 20.7 Å². The lowest BCUT2D eigenvalue weighted by molar-refractivity contribution is 0.0997. The number of rotatable bonds is 4. The highest BCUT2D eigenvalue weighted by Crippen LogP contribution is 2.28. The van der Waals surface area contributed by atoms with Crippen molar-refractivity contribution in [3.63, 3.8) is 0 Å². The van der Waals surface area contributed by atoms with Crippen molar-refractivity contribution in [2.45, 2.75) is 0 Å². The smallest absolute Gasteiger partial charge is 0.252 e. The molecule has 0 spiro atoms. The molecular weight excluding hydrogens is 310 g/mol. The Morgan fingerprint density at radius 3 is 2.58 bits per heavy atom. The predicted octanol–water partition coefficient (Wildman–Crippen LogP) is 3.15. The fourth-order valence-corrected chi connectivity index (χ4v) is 2.00. The molecule has 0 fully saturated rings. The number of aldehydes is 1. The molecule has 0 aliphatic carbocycles. The number of carbonyl (C=O) groups is 2. The van der Waals surface area contributed by atoms with Crippen molar-refractivity contribution in [1.82, 2.24) is 0 Å². The van der Waals surface area contributed by atoms with Crippen molar-refractivity contribution in [3.8, 4) is 11.5 Å². The van der Waals surface area contributed by atoms with Crippen molar-refractivity contribution in [2.24, 2.45) is 5.73 Å². The Labute approximate surface area is 118 Å². The summed E-state index contributed by atoms with van der Waals surface area (Å²) in [6, 6.07) is 11.6. The molecule has 0 aliphatic heterocycles. The summed E-state index contributed by atoms with van der Waals surface area (Å²) in [6.07, 6.45) is 0.741. The van der Waals surface area contributed by atoms with E-state index in [2.05, 4.69) is 15.9 Å². The number of halogens is 1. The summed E-state index contributed by atoms with van der Waals surface area (Å²) in [6.45, 7) is 0. The van der Waals surface area contributed by atoms with Crippen LogP contribution in [0.5, 0.6) is 11.5 Å². The third-order valence-electron chi connectivity index (χ3n) is 2.48. The van der Waals surface area contributed by atoms with E-state index in [1.807, 2.05) is 0 Å². The van der Waals surface area contributed by atoms with Gasteiger partial charge in [-0.2, -0.15) is 0 Å². The molecule has 0 saturated heterocycles. The maximum atomic E-state index is 11.3. The average molecular weight is 320 g/mol. The second kappa shape index (κ2) is 5.67. The first kappa shape index (κ1) is 13.3. The minimum absolute atomic E-state index is 0.304. The van der Waals surface area contributed by atoms with Gasteiger partial charge in [0.05, 0.1) is 5.56 Å². The highest BCUT2D eigenvalue weighted by Gasteiger charge is 2.10. The molecule has 4 nitrogen and oxygen atoms in total. The van der Waals surface area contributed by atoms with Crippen LogP contribution in [0.15, 0.2) is 46.9 Å². The fourth-order valence-electron chi connectivity index (χ4n) is 1.55. The SMILES string of the molecule is NC(=O)c1ccccc1Oc1ccc(C=O)c(Br)c1. The molecule has 2 rings (SSSR count).